The SMILES string of the molecule is CCN(CC)CCC(O)CCc1nccn1C. The van der Waals surface area contributed by atoms with Gasteiger partial charge in [0.15, 0.2) is 0 Å². The highest BCUT2D eigenvalue weighted by molar-refractivity contribution is 4.91. The molecular weight excluding hydrogens is 214 g/mol. The van der Waals surface area contributed by atoms with Gasteiger partial charge in [0.05, 0.1) is 6.10 Å². The molecule has 0 saturated heterocycles. The molecule has 0 bridgehead atoms. The van der Waals surface area contributed by atoms with Crippen LogP contribution in [0.2, 0.25) is 0 Å². The van der Waals surface area contributed by atoms with E-state index in [0.29, 0.717) is 0 Å². The van der Waals surface area contributed by atoms with Crippen LogP contribution < -0.4 is 0 Å². The smallest absolute Gasteiger partial charge is 0.108 e. The number of imidazole rings is 1. The summed E-state index contributed by atoms with van der Waals surface area (Å²) in [5.41, 5.74) is 0. The van der Waals surface area contributed by atoms with E-state index in [1.807, 2.05) is 17.8 Å². The number of aryl methyl sites for hydroxylation is 2. The minimum atomic E-state index is -0.215. The molecule has 1 aromatic heterocycles. The van der Waals surface area contributed by atoms with Crippen LogP contribution in [0.15, 0.2) is 12.4 Å². The van der Waals surface area contributed by atoms with Gasteiger partial charge in [0.25, 0.3) is 0 Å². The molecule has 0 aliphatic heterocycles. The molecule has 17 heavy (non-hydrogen) atoms. The fraction of sp³-hybridized carbons (Fsp3) is 0.769. The molecule has 0 fully saturated rings. The number of rotatable bonds is 8. The van der Waals surface area contributed by atoms with Gasteiger partial charge in [-0.2, -0.15) is 0 Å². The fourth-order valence-corrected chi connectivity index (χ4v) is 1.95. The normalized spacial score (nSPS) is 13.2. The van der Waals surface area contributed by atoms with E-state index in [1.165, 1.54) is 0 Å². The molecular formula is C13H25N3O. The van der Waals surface area contributed by atoms with E-state index >= 15 is 0 Å². The molecule has 1 N–H and O–H groups in total. The summed E-state index contributed by atoms with van der Waals surface area (Å²) in [5.74, 6) is 1.05. The van der Waals surface area contributed by atoms with Crippen LogP contribution >= 0.6 is 0 Å². The highest BCUT2D eigenvalue weighted by Crippen LogP contribution is 2.06. The van der Waals surface area contributed by atoms with Gasteiger partial charge in [-0.15, -0.1) is 0 Å². The van der Waals surface area contributed by atoms with Gasteiger partial charge < -0.3 is 14.6 Å². The lowest BCUT2D eigenvalue weighted by Crippen LogP contribution is -2.27. The Labute approximate surface area is 104 Å². The lowest BCUT2D eigenvalue weighted by molar-refractivity contribution is 0.134. The van der Waals surface area contributed by atoms with Crippen molar-refractivity contribution < 1.29 is 5.11 Å². The van der Waals surface area contributed by atoms with Crippen LogP contribution in [-0.4, -0.2) is 45.3 Å². The highest BCUT2D eigenvalue weighted by atomic mass is 16.3. The second kappa shape index (κ2) is 7.45. The molecule has 0 spiro atoms. The molecule has 0 aliphatic carbocycles. The first kappa shape index (κ1) is 14.2. The molecule has 1 rings (SSSR count). The van der Waals surface area contributed by atoms with Gasteiger partial charge in [-0.25, -0.2) is 4.98 Å². The number of aromatic nitrogens is 2. The van der Waals surface area contributed by atoms with Gasteiger partial charge in [0.1, 0.15) is 5.82 Å². The Hall–Kier alpha value is -0.870. The minimum absolute atomic E-state index is 0.215. The van der Waals surface area contributed by atoms with E-state index < -0.39 is 0 Å². The van der Waals surface area contributed by atoms with Gasteiger partial charge in [0, 0.05) is 32.4 Å². The van der Waals surface area contributed by atoms with E-state index in [0.717, 1.165) is 44.7 Å². The summed E-state index contributed by atoms with van der Waals surface area (Å²) >= 11 is 0. The Bertz CT molecular complexity index is 307. The molecule has 0 amide bonds. The third kappa shape index (κ3) is 4.88. The van der Waals surface area contributed by atoms with Crippen LogP contribution in [0.1, 0.15) is 32.5 Å². The van der Waals surface area contributed by atoms with Crippen molar-refractivity contribution in [2.45, 2.75) is 39.2 Å². The first-order valence-electron chi connectivity index (χ1n) is 6.54. The van der Waals surface area contributed by atoms with Gasteiger partial charge in [-0.3, -0.25) is 0 Å². The molecule has 1 unspecified atom stereocenters. The molecule has 4 nitrogen and oxygen atoms in total. The Kier molecular flexibility index (Phi) is 6.22. The quantitative estimate of drug-likeness (QED) is 0.746. The zero-order valence-corrected chi connectivity index (χ0v) is 11.3. The Morgan fingerprint density at radius 1 is 1.35 bits per heavy atom. The molecule has 0 aromatic carbocycles. The van der Waals surface area contributed by atoms with Crippen LogP contribution in [0.4, 0.5) is 0 Å². The van der Waals surface area contributed by atoms with Crippen molar-refractivity contribution in [2.75, 3.05) is 19.6 Å². The lowest BCUT2D eigenvalue weighted by atomic mass is 10.1. The molecule has 1 atom stereocenters. The van der Waals surface area contributed by atoms with Crippen molar-refractivity contribution in [1.82, 2.24) is 14.5 Å². The number of aliphatic hydroxyl groups is 1. The number of hydrogen-bond acceptors (Lipinski definition) is 3. The summed E-state index contributed by atoms with van der Waals surface area (Å²) in [6.45, 7) is 7.41. The van der Waals surface area contributed by atoms with E-state index in [9.17, 15) is 5.11 Å². The van der Waals surface area contributed by atoms with Gasteiger partial charge in [-0.05, 0) is 25.9 Å². The average Bonchev–Trinajstić information content (AvgIpc) is 2.73. The maximum Gasteiger partial charge on any atom is 0.108 e. The van der Waals surface area contributed by atoms with Crippen molar-refractivity contribution in [3.05, 3.63) is 18.2 Å². The number of aliphatic hydroxyl groups excluding tert-OH is 1. The zero-order chi connectivity index (χ0) is 12.7. The molecule has 1 aromatic rings. The van der Waals surface area contributed by atoms with Crippen LogP contribution in [0.3, 0.4) is 0 Å². The van der Waals surface area contributed by atoms with Crippen LogP contribution in [0, 0.1) is 0 Å². The largest absolute Gasteiger partial charge is 0.393 e. The molecule has 0 radical (unpaired) electrons. The van der Waals surface area contributed by atoms with Crippen molar-refractivity contribution in [1.29, 1.82) is 0 Å². The molecule has 4 heteroatoms. The van der Waals surface area contributed by atoms with Crippen molar-refractivity contribution in [2.24, 2.45) is 7.05 Å². The minimum Gasteiger partial charge on any atom is -0.393 e. The first-order valence-corrected chi connectivity index (χ1v) is 6.54. The van der Waals surface area contributed by atoms with Gasteiger partial charge in [0.2, 0.25) is 0 Å². The standard InChI is InChI=1S/C13H25N3O/c1-4-16(5-2)10-8-12(17)6-7-13-14-9-11-15(13)3/h9,11-12,17H,4-8,10H2,1-3H3. The van der Waals surface area contributed by atoms with E-state index in [2.05, 4.69) is 23.7 Å². The van der Waals surface area contributed by atoms with Crippen molar-refractivity contribution in [3.63, 3.8) is 0 Å². The summed E-state index contributed by atoms with van der Waals surface area (Å²) in [6, 6.07) is 0. The maximum atomic E-state index is 9.92. The predicted molar refractivity (Wildman–Crippen MR) is 69.9 cm³/mol. The van der Waals surface area contributed by atoms with Crippen LogP contribution in [0.5, 0.6) is 0 Å². The average molecular weight is 239 g/mol. The molecule has 1 heterocycles. The zero-order valence-electron chi connectivity index (χ0n) is 11.3. The van der Waals surface area contributed by atoms with Crippen molar-refractivity contribution in [3.8, 4) is 0 Å². The Morgan fingerprint density at radius 2 is 2.06 bits per heavy atom. The van der Waals surface area contributed by atoms with Gasteiger partial charge in [-0.1, -0.05) is 13.8 Å². The number of hydrogen-bond donors (Lipinski definition) is 1. The molecule has 0 aliphatic rings. The van der Waals surface area contributed by atoms with E-state index in [1.54, 1.807) is 6.20 Å². The first-order chi connectivity index (χ1) is 8.17. The third-order valence-corrected chi connectivity index (χ3v) is 3.30. The van der Waals surface area contributed by atoms with Crippen molar-refractivity contribution >= 4 is 0 Å². The Balaban J connectivity index is 2.21. The predicted octanol–water partition coefficient (Wildman–Crippen LogP) is 1.45. The topological polar surface area (TPSA) is 41.3 Å². The monoisotopic (exact) mass is 239 g/mol. The summed E-state index contributed by atoms with van der Waals surface area (Å²) < 4.78 is 2.01. The molecule has 98 valence electrons. The third-order valence-electron chi connectivity index (χ3n) is 3.30. The van der Waals surface area contributed by atoms with Crippen LogP contribution in [-0.2, 0) is 13.5 Å². The summed E-state index contributed by atoms with van der Waals surface area (Å²) in [5, 5.41) is 9.92. The van der Waals surface area contributed by atoms with Crippen LogP contribution in [0.25, 0.3) is 0 Å². The molecule has 0 saturated carbocycles. The van der Waals surface area contributed by atoms with E-state index in [4.69, 9.17) is 0 Å². The second-order valence-electron chi connectivity index (χ2n) is 4.46. The van der Waals surface area contributed by atoms with Gasteiger partial charge >= 0.3 is 0 Å². The fourth-order valence-electron chi connectivity index (χ4n) is 1.95. The summed E-state index contributed by atoms with van der Waals surface area (Å²) in [7, 11) is 1.99. The Morgan fingerprint density at radius 3 is 2.59 bits per heavy atom. The second-order valence-corrected chi connectivity index (χ2v) is 4.46. The maximum absolute atomic E-state index is 9.92. The summed E-state index contributed by atoms with van der Waals surface area (Å²) in [6.07, 6.45) is 6.03. The van der Waals surface area contributed by atoms with E-state index in [-0.39, 0.29) is 6.10 Å². The lowest BCUT2D eigenvalue weighted by Gasteiger charge is -2.19. The number of nitrogens with zero attached hydrogens (tertiary/aromatic N) is 3. The summed E-state index contributed by atoms with van der Waals surface area (Å²) in [4.78, 5) is 6.59. The highest BCUT2D eigenvalue weighted by Gasteiger charge is 2.08.